The Labute approximate surface area is 205 Å². The summed E-state index contributed by atoms with van der Waals surface area (Å²) >= 11 is 0. The fraction of sp³-hybridized carbons (Fsp3) is 0.292. The average molecular weight is 510 g/mol. The van der Waals surface area contributed by atoms with Crippen molar-refractivity contribution in [1.82, 2.24) is 10.6 Å². The summed E-state index contributed by atoms with van der Waals surface area (Å²) in [6.45, 7) is 2.70. The Balaban J connectivity index is 2.19. The number of carbonyl (C=O) groups excluding carboxylic acids is 2. The first-order valence-corrected chi connectivity index (χ1v) is 10.7. The molecule has 0 saturated carbocycles. The van der Waals surface area contributed by atoms with E-state index in [0.29, 0.717) is 5.56 Å². The lowest BCUT2D eigenvalue weighted by Crippen LogP contribution is -2.48. The first kappa shape index (κ1) is 28.1. The lowest BCUT2D eigenvalue weighted by molar-refractivity contribution is -0.163. The minimum Gasteiger partial charge on any atom is -0.496 e. The maximum atomic E-state index is 13.5. The van der Waals surface area contributed by atoms with E-state index in [9.17, 15) is 27.2 Å². The molecule has 0 spiro atoms. The van der Waals surface area contributed by atoms with Gasteiger partial charge in [0.15, 0.2) is 0 Å². The minimum atomic E-state index is -4.65. The van der Waals surface area contributed by atoms with Crippen LogP contribution in [0.5, 0.6) is 5.75 Å². The monoisotopic (exact) mass is 509 g/mol. The second-order valence-electron chi connectivity index (χ2n) is 8.16. The van der Waals surface area contributed by atoms with E-state index in [1.807, 2.05) is 0 Å². The molecule has 36 heavy (non-hydrogen) atoms. The number of nitrogens with two attached hydrogens (primary N) is 2. The number of hydrogen-bond donors (Lipinski definition) is 5. The lowest BCUT2D eigenvalue weighted by atomic mass is 9.99. The van der Waals surface area contributed by atoms with Crippen molar-refractivity contribution in [3.63, 3.8) is 0 Å². The zero-order chi connectivity index (χ0) is 27.2. The molecule has 0 bridgehead atoms. The number of alkyl halides is 3. The van der Waals surface area contributed by atoms with Gasteiger partial charge in [0.1, 0.15) is 29.0 Å². The Morgan fingerprint density at radius 3 is 2.19 bits per heavy atom. The lowest BCUT2D eigenvalue weighted by Gasteiger charge is -2.26. The quantitative estimate of drug-likeness (QED) is 0.190. The van der Waals surface area contributed by atoms with Crippen molar-refractivity contribution in [3.05, 3.63) is 76.4 Å². The van der Waals surface area contributed by atoms with Crippen LogP contribution in [0, 0.1) is 17.1 Å². The normalized spacial score (nSPS) is 13.0. The highest BCUT2D eigenvalue weighted by Crippen LogP contribution is 2.26. The number of nitrogens with one attached hydrogen (secondary N) is 3. The van der Waals surface area contributed by atoms with Crippen LogP contribution in [0.3, 0.4) is 0 Å². The SMILES string of the molecule is COc1ccc(F)cc1C(=O)NCc1ccc(C(=N)/C(C(N)=O)=C(/N)NC(C(C)C)C(F)(F)F)cc1. The summed E-state index contributed by atoms with van der Waals surface area (Å²) in [5.74, 6) is -3.73. The maximum absolute atomic E-state index is 13.5. The molecule has 0 aliphatic heterocycles. The number of methoxy groups -OCH3 is 1. The first-order chi connectivity index (χ1) is 16.8. The Hall–Kier alpha value is -4.09. The van der Waals surface area contributed by atoms with Gasteiger partial charge in [-0.3, -0.25) is 15.0 Å². The molecule has 2 amide bonds. The molecule has 194 valence electrons. The van der Waals surface area contributed by atoms with Crippen molar-refractivity contribution in [1.29, 1.82) is 5.41 Å². The molecule has 2 aromatic carbocycles. The summed E-state index contributed by atoms with van der Waals surface area (Å²) in [7, 11) is 1.35. The van der Waals surface area contributed by atoms with Crippen molar-refractivity contribution < 1.29 is 31.9 Å². The molecule has 8 nitrogen and oxygen atoms in total. The molecule has 0 saturated heterocycles. The van der Waals surface area contributed by atoms with Gasteiger partial charge >= 0.3 is 6.18 Å². The third kappa shape index (κ3) is 6.96. The molecule has 2 rings (SSSR count). The van der Waals surface area contributed by atoms with Gasteiger partial charge in [0.05, 0.1) is 18.4 Å². The van der Waals surface area contributed by atoms with Gasteiger partial charge in [-0.15, -0.1) is 0 Å². The highest BCUT2D eigenvalue weighted by atomic mass is 19.4. The molecule has 12 heteroatoms. The summed E-state index contributed by atoms with van der Waals surface area (Å²) < 4.78 is 58.5. The van der Waals surface area contributed by atoms with E-state index < -0.39 is 52.9 Å². The molecule has 0 fully saturated rings. The number of amides is 2. The van der Waals surface area contributed by atoms with Gasteiger partial charge in [-0.2, -0.15) is 13.2 Å². The topological polar surface area (TPSA) is 143 Å². The summed E-state index contributed by atoms with van der Waals surface area (Å²) in [4.78, 5) is 24.4. The van der Waals surface area contributed by atoms with Crippen LogP contribution in [0.15, 0.2) is 53.9 Å². The van der Waals surface area contributed by atoms with Gasteiger partial charge in [0.25, 0.3) is 11.8 Å². The number of hydrogen-bond acceptors (Lipinski definition) is 6. The van der Waals surface area contributed by atoms with E-state index in [4.69, 9.17) is 21.6 Å². The second-order valence-corrected chi connectivity index (χ2v) is 8.16. The Kier molecular flexibility index (Phi) is 9.04. The molecule has 0 aliphatic rings. The second kappa shape index (κ2) is 11.6. The van der Waals surface area contributed by atoms with E-state index in [2.05, 4.69) is 10.6 Å². The van der Waals surface area contributed by atoms with Gasteiger partial charge < -0.3 is 26.8 Å². The van der Waals surface area contributed by atoms with Crippen molar-refractivity contribution in [2.75, 3.05) is 7.11 Å². The molecular weight excluding hydrogens is 482 g/mol. The third-order valence-corrected chi connectivity index (χ3v) is 5.20. The summed E-state index contributed by atoms with van der Waals surface area (Å²) in [6, 6.07) is 7.38. The molecule has 2 aromatic rings. The van der Waals surface area contributed by atoms with Gasteiger partial charge in [-0.05, 0) is 29.7 Å². The molecule has 0 aliphatic carbocycles. The zero-order valence-electron chi connectivity index (χ0n) is 19.8. The molecule has 0 aromatic heterocycles. The number of primary amides is 1. The summed E-state index contributed by atoms with van der Waals surface area (Å²) in [5.41, 5.74) is 10.7. The van der Waals surface area contributed by atoms with Crippen LogP contribution in [0.25, 0.3) is 0 Å². The molecular formula is C24H27F4N5O3. The zero-order valence-corrected chi connectivity index (χ0v) is 19.8. The van der Waals surface area contributed by atoms with Crippen LogP contribution in [0.1, 0.15) is 35.3 Å². The van der Waals surface area contributed by atoms with Crippen LogP contribution >= 0.6 is 0 Å². The predicted molar refractivity (Wildman–Crippen MR) is 126 cm³/mol. The Morgan fingerprint density at radius 1 is 1.08 bits per heavy atom. The van der Waals surface area contributed by atoms with Gasteiger partial charge in [0.2, 0.25) is 0 Å². The molecule has 0 radical (unpaired) electrons. The summed E-state index contributed by atoms with van der Waals surface area (Å²) in [5, 5.41) is 13.0. The summed E-state index contributed by atoms with van der Waals surface area (Å²) in [6.07, 6.45) is -4.65. The molecule has 1 atom stereocenters. The van der Waals surface area contributed by atoms with Crippen LogP contribution < -0.4 is 26.8 Å². The molecule has 1 unspecified atom stereocenters. The van der Waals surface area contributed by atoms with Crippen LogP contribution in [0.2, 0.25) is 0 Å². The fourth-order valence-electron chi connectivity index (χ4n) is 3.33. The largest absolute Gasteiger partial charge is 0.496 e. The minimum absolute atomic E-state index is 0.00803. The van der Waals surface area contributed by atoms with E-state index in [-0.39, 0.29) is 23.4 Å². The fourth-order valence-corrected chi connectivity index (χ4v) is 3.33. The average Bonchev–Trinajstić information content (AvgIpc) is 2.80. The molecule has 0 heterocycles. The standard InChI is InChI=1S/C24H27F4N5O3/c1-12(2)20(24(26,27)28)33-21(30)18(22(31)34)19(29)14-6-4-13(5-7-14)11-32-23(35)16-10-15(25)8-9-17(16)36-3/h4-10,12,20,29,33H,11,30H2,1-3H3,(H2,31,34)(H,32,35)/b21-18+,29-19?. The third-order valence-electron chi connectivity index (χ3n) is 5.20. The Morgan fingerprint density at radius 2 is 1.69 bits per heavy atom. The van der Waals surface area contributed by atoms with Crippen LogP contribution in [0.4, 0.5) is 17.6 Å². The number of halogens is 4. The predicted octanol–water partition coefficient (Wildman–Crippen LogP) is 2.96. The van der Waals surface area contributed by atoms with Crippen molar-refractivity contribution in [3.8, 4) is 5.75 Å². The van der Waals surface area contributed by atoms with Crippen molar-refractivity contribution in [2.24, 2.45) is 17.4 Å². The van der Waals surface area contributed by atoms with E-state index >= 15 is 0 Å². The maximum Gasteiger partial charge on any atom is 0.408 e. The van der Waals surface area contributed by atoms with E-state index in [1.54, 1.807) is 0 Å². The highest BCUT2D eigenvalue weighted by molar-refractivity contribution is 6.26. The number of benzene rings is 2. The molecule has 7 N–H and O–H groups in total. The van der Waals surface area contributed by atoms with Crippen LogP contribution in [-0.4, -0.2) is 36.9 Å². The van der Waals surface area contributed by atoms with Crippen LogP contribution in [-0.2, 0) is 11.3 Å². The number of carbonyl (C=O) groups is 2. The van der Waals surface area contributed by atoms with E-state index in [0.717, 1.165) is 12.1 Å². The number of ether oxygens (including phenoxy) is 1. The van der Waals surface area contributed by atoms with Gasteiger partial charge in [-0.1, -0.05) is 38.1 Å². The van der Waals surface area contributed by atoms with Gasteiger partial charge in [-0.25, -0.2) is 4.39 Å². The van der Waals surface area contributed by atoms with Crippen molar-refractivity contribution in [2.45, 2.75) is 32.6 Å². The number of rotatable bonds is 10. The Bertz CT molecular complexity index is 1160. The van der Waals surface area contributed by atoms with Crippen molar-refractivity contribution >= 4 is 17.5 Å². The smallest absolute Gasteiger partial charge is 0.408 e. The first-order valence-electron chi connectivity index (χ1n) is 10.7. The van der Waals surface area contributed by atoms with E-state index in [1.165, 1.54) is 51.3 Å². The highest BCUT2D eigenvalue weighted by Gasteiger charge is 2.42. The van der Waals surface area contributed by atoms with Gasteiger partial charge in [0, 0.05) is 12.1 Å².